The van der Waals surface area contributed by atoms with Crippen molar-refractivity contribution in [1.29, 1.82) is 0 Å². The van der Waals surface area contributed by atoms with Crippen molar-refractivity contribution in [3.05, 3.63) is 83.0 Å². The molecule has 0 N–H and O–H groups in total. The lowest BCUT2D eigenvalue weighted by molar-refractivity contribution is 0.0358. The van der Waals surface area contributed by atoms with Crippen LogP contribution in [-0.2, 0) is 4.74 Å². The third kappa shape index (κ3) is 10.5. The molecule has 0 aliphatic carbocycles. The third-order valence-electron chi connectivity index (χ3n) is 6.87. The molecule has 0 unspecified atom stereocenters. The van der Waals surface area contributed by atoms with E-state index in [0.29, 0.717) is 28.2 Å². The number of ether oxygens (including phenoxy) is 5. The van der Waals surface area contributed by atoms with Gasteiger partial charge < -0.3 is 28.1 Å². The summed E-state index contributed by atoms with van der Waals surface area (Å²) in [6, 6.07) is 21.9. The molecular weight excluding hydrogens is 570 g/mol. The molecule has 3 aromatic carbocycles. The van der Waals surface area contributed by atoms with Crippen LogP contribution in [0.15, 0.2) is 82.0 Å². The van der Waals surface area contributed by atoms with Crippen molar-refractivity contribution in [2.24, 2.45) is 0 Å². The summed E-state index contributed by atoms with van der Waals surface area (Å²) in [5, 5.41) is 0.530. The molecule has 0 atom stereocenters. The van der Waals surface area contributed by atoms with Crippen LogP contribution < -0.4 is 24.4 Å². The molecule has 1 aromatic heterocycles. The van der Waals surface area contributed by atoms with E-state index in [1.165, 1.54) is 6.07 Å². The minimum atomic E-state index is -0.0864. The van der Waals surface area contributed by atoms with Crippen molar-refractivity contribution in [3.63, 3.8) is 0 Å². The first kappa shape index (κ1) is 33.8. The zero-order valence-electron chi connectivity index (χ0n) is 25.2. The highest BCUT2D eigenvalue weighted by Crippen LogP contribution is 2.27. The highest BCUT2D eigenvalue weighted by Gasteiger charge is 2.10. The predicted octanol–water partition coefficient (Wildman–Crippen LogP) is 6.87. The fourth-order valence-corrected chi connectivity index (χ4v) is 4.45. The molecule has 1 saturated heterocycles. The number of hydrogen-bond donors (Lipinski definition) is 0. The summed E-state index contributed by atoms with van der Waals surface area (Å²) >= 11 is 0. The van der Waals surface area contributed by atoms with Gasteiger partial charge in [0.1, 0.15) is 34.3 Å². The summed E-state index contributed by atoms with van der Waals surface area (Å²) in [6.07, 6.45) is 3.30. The molecule has 232 valence electrons. The molecule has 0 amide bonds. The highest BCUT2D eigenvalue weighted by molar-refractivity contribution is 5.85. The van der Waals surface area contributed by atoms with E-state index in [1.54, 1.807) is 32.4 Å². The summed E-state index contributed by atoms with van der Waals surface area (Å²) in [7, 11) is 3.17. The molecule has 0 saturated carbocycles. The van der Waals surface area contributed by atoms with E-state index in [0.717, 1.165) is 82.4 Å². The van der Waals surface area contributed by atoms with Crippen LogP contribution >= 0.6 is 12.4 Å². The van der Waals surface area contributed by atoms with Gasteiger partial charge in [0, 0.05) is 37.3 Å². The molecule has 9 heteroatoms. The first-order valence-corrected chi connectivity index (χ1v) is 14.5. The fraction of sp³-hybridized carbons (Fsp3) is 0.382. The second-order valence-corrected chi connectivity index (χ2v) is 9.90. The number of hydrogen-bond acceptors (Lipinski definition) is 8. The maximum Gasteiger partial charge on any atom is 0.193 e. The Bertz CT molecular complexity index is 1440. The van der Waals surface area contributed by atoms with Crippen molar-refractivity contribution in [2.75, 3.05) is 60.3 Å². The van der Waals surface area contributed by atoms with Gasteiger partial charge in [0.15, 0.2) is 5.43 Å². The maximum absolute atomic E-state index is 12.2. The van der Waals surface area contributed by atoms with Gasteiger partial charge in [0.25, 0.3) is 0 Å². The summed E-state index contributed by atoms with van der Waals surface area (Å²) in [5.74, 6) is 3.69. The number of nitrogens with zero attached hydrogens (tertiary/aromatic N) is 1. The van der Waals surface area contributed by atoms with Crippen LogP contribution in [0.1, 0.15) is 26.2 Å². The van der Waals surface area contributed by atoms with Gasteiger partial charge in [-0.05, 0) is 61.4 Å². The molecule has 43 heavy (non-hydrogen) atoms. The smallest absolute Gasteiger partial charge is 0.193 e. The van der Waals surface area contributed by atoms with Gasteiger partial charge in [0.2, 0.25) is 0 Å². The lowest BCUT2D eigenvalue weighted by atomic mass is 10.1. The largest absolute Gasteiger partial charge is 0.497 e. The molecule has 1 aliphatic heterocycles. The van der Waals surface area contributed by atoms with Crippen LogP contribution in [0.3, 0.4) is 0 Å². The quantitative estimate of drug-likeness (QED) is 0.161. The number of halogens is 1. The summed E-state index contributed by atoms with van der Waals surface area (Å²) in [4.78, 5) is 14.6. The van der Waals surface area contributed by atoms with Gasteiger partial charge in [-0.2, -0.15) is 0 Å². The Kier molecular flexibility index (Phi) is 14.2. The lowest BCUT2D eigenvalue weighted by Gasteiger charge is -2.26. The van der Waals surface area contributed by atoms with Crippen molar-refractivity contribution in [1.82, 2.24) is 4.90 Å². The average Bonchev–Trinajstić information content (AvgIpc) is 3.04. The van der Waals surface area contributed by atoms with Crippen LogP contribution in [0.4, 0.5) is 0 Å². The van der Waals surface area contributed by atoms with Gasteiger partial charge in [-0.1, -0.05) is 25.5 Å². The van der Waals surface area contributed by atoms with E-state index in [2.05, 4.69) is 11.8 Å². The maximum atomic E-state index is 12.2. The van der Waals surface area contributed by atoms with Gasteiger partial charge in [-0.25, -0.2) is 0 Å². The first-order valence-electron chi connectivity index (χ1n) is 14.5. The lowest BCUT2D eigenvalue weighted by Crippen LogP contribution is -2.37. The number of unbranched alkanes of at least 4 members (excludes halogenated alkanes) is 1. The standard InChI is InChI=1S/C17H27NO3.C17H14O4.ClH/c1-2-3-12-20-16-5-7-17(8-6-16)21-13-4-9-18-10-14-19-15-11-18;1-19-12-5-3-4-11(8-12)16-10-15(18)14-7-6-13(20-2)9-17(14)21-16;/h5-8H,2-4,9-15H2,1H3;3-10H,1-2H3;1H. The van der Waals surface area contributed by atoms with E-state index in [-0.39, 0.29) is 17.8 Å². The van der Waals surface area contributed by atoms with Gasteiger partial charge in [-0.3, -0.25) is 9.69 Å². The Hall–Kier alpha value is -3.72. The molecular formula is C34H42ClNO7. The normalized spacial score (nSPS) is 12.9. The molecule has 0 bridgehead atoms. The predicted molar refractivity (Wildman–Crippen MR) is 172 cm³/mol. The fourth-order valence-electron chi connectivity index (χ4n) is 4.45. The third-order valence-corrected chi connectivity index (χ3v) is 6.87. The van der Waals surface area contributed by atoms with E-state index < -0.39 is 0 Å². The van der Waals surface area contributed by atoms with Crippen LogP contribution in [-0.4, -0.2) is 65.2 Å². The van der Waals surface area contributed by atoms with Crippen LogP contribution in [0.5, 0.6) is 23.0 Å². The monoisotopic (exact) mass is 611 g/mol. The van der Waals surface area contributed by atoms with Crippen LogP contribution in [0.25, 0.3) is 22.3 Å². The Balaban J connectivity index is 0.000000230. The van der Waals surface area contributed by atoms with Crippen molar-refractivity contribution in [2.45, 2.75) is 26.2 Å². The molecule has 5 rings (SSSR count). The molecule has 1 fully saturated rings. The van der Waals surface area contributed by atoms with Gasteiger partial charge in [0.05, 0.1) is 46.0 Å². The highest BCUT2D eigenvalue weighted by atomic mass is 35.5. The van der Waals surface area contributed by atoms with Gasteiger partial charge in [-0.15, -0.1) is 12.4 Å². The second-order valence-electron chi connectivity index (χ2n) is 9.90. The summed E-state index contributed by atoms with van der Waals surface area (Å²) < 4.78 is 32.9. The summed E-state index contributed by atoms with van der Waals surface area (Å²) in [6.45, 7) is 8.61. The van der Waals surface area contributed by atoms with Gasteiger partial charge >= 0.3 is 0 Å². The van der Waals surface area contributed by atoms with E-state index >= 15 is 0 Å². The minimum Gasteiger partial charge on any atom is -0.497 e. The number of morpholine rings is 1. The van der Waals surface area contributed by atoms with Crippen molar-refractivity contribution < 1.29 is 28.1 Å². The van der Waals surface area contributed by atoms with Crippen LogP contribution in [0.2, 0.25) is 0 Å². The molecule has 1 aliphatic rings. The van der Waals surface area contributed by atoms with Crippen molar-refractivity contribution in [3.8, 4) is 34.3 Å². The van der Waals surface area contributed by atoms with E-state index in [4.69, 9.17) is 28.1 Å². The minimum absolute atomic E-state index is 0. The molecule has 0 radical (unpaired) electrons. The Labute approximate surface area is 259 Å². The van der Waals surface area contributed by atoms with E-state index in [9.17, 15) is 4.79 Å². The number of fused-ring (bicyclic) bond motifs is 1. The van der Waals surface area contributed by atoms with Crippen LogP contribution in [0, 0.1) is 0 Å². The Morgan fingerprint density at radius 1 is 0.767 bits per heavy atom. The number of rotatable bonds is 12. The molecule has 2 heterocycles. The zero-order valence-corrected chi connectivity index (χ0v) is 26.0. The molecule has 0 spiro atoms. The Morgan fingerprint density at radius 2 is 1.40 bits per heavy atom. The SMILES string of the molecule is CCCCOc1ccc(OCCCN2CCOCC2)cc1.COc1cccc(-c2cc(=O)c3ccc(OC)cc3o2)c1.Cl. The molecule has 8 nitrogen and oxygen atoms in total. The topological polar surface area (TPSA) is 79.6 Å². The van der Waals surface area contributed by atoms with E-state index in [1.807, 2.05) is 48.5 Å². The first-order chi connectivity index (χ1) is 20.6. The zero-order chi connectivity index (χ0) is 29.6. The number of methoxy groups -OCH3 is 2. The number of benzene rings is 3. The Morgan fingerprint density at radius 3 is 2.05 bits per heavy atom. The second kappa shape index (κ2) is 18.1. The average molecular weight is 612 g/mol. The van der Waals surface area contributed by atoms with Crippen molar-refractivity contribution >= 4 is 23.4 Å². The summed E-state index contributed by atoms with van der Waals surface area (Å²) in [5.41, 5.74) is 1.20. The molecule has 4 aromatic rings.